The normalized spacial score (nSPS) is 10.9. The van der Waals surface area contributed by atoms with Crippen LogP contribution in [-0.4, -0.2) is 0 Å². The first-order valence-electron chi connectivity index (χ1n) is 4.42. The molecule has 0 saturated heterocycles. The Balaban J connectivity index is 2.73. The number of hydrogen-bond acceptors (Lipinski definition) is 1. The van der Waals surface area contributed by atoms with Crippen LogP contribution in [0.25, 0.3) is 10.1 Å². The second kappa shape index (κ2) is 3.81. The van der Waals surface area contributed by atoms with Crippen molar-refractivity contribution in [3.63, 3.8) is 0 Å². The molecule has 0 saturated carbocycles. The molecule has 0 fully saturated rings. The molecule has 0 amide bonds. The number of rotatable bonds is 2. The van der Waals surface area contributed by atoms with Crippen molar-refractivity contribution in [1.29, 1.82) is 0 Å². The second-order valence-corrected chi connectivity index (χ2v) is 4.68. The van der Waals surface area contributed by atoms with Crippen LogP contribution in [0.3, 0.4) is 0 Å². The van der Waals surface area contributed by atoms with E-state index < -0.39 is 0 Å². The maximum atomic E-state index is 3.56. The fraction of sp³-hybridized carbons (Fsp3) is 0.273. The van der Waals surface area contributed by atoms with Crippen LogP contribution in [0.4, 0.5) is 0 Å². The van der Waals surface area contributed by atoms with Gasteiger partial charge in [-0.3, -0.25) is 0 Å². The lowest BCUT2D eigenvalue weighted by Gasteiger charge is -1.95. The number of thiophene rings is 1. The van der Waals surface area contributed by atoms with Gasteiger partial charge in [-0.25, -0.2) is 0 Å². The molecule has 0 unspecified atom stereocenters. The maximum Gasteiger partial charge on any atom is 0.0348 e. The van der Waals surface area contributed by atoms with Crippen molar-refractivity contribution in [1.82, 2.24) is 0 Å². The van der Waals surface area contributed by atoms with E-state index in [-0.39, 0.29) is 0 Å². The first kappa shape index (κ1) is 9.22. The van der Waals surface area contributed by atoms with Crippen molar-refractivity contribution < 1.29 is 0 Å². The van der Waals surface area contributed by atoms with Crippen LogP contribution in [0.2, 0.25) is 0 Å². The SMILES string of the molecule is CCc1sc2ccccc2c1CBr. The number of aryl methyl sites for hydroxylation is 1. The minimum atomic E-state index is 0.972. The molecule has 2 rings (SSSR count). The molecule has 0 nitrogen and oxygen atoms in total. The highest BCUT2D eigenvalue weighted by Crippen LogP contribution is 2.32. The summed E-state index contributed by atoms with van der Waals surface area (Å²) < 4.78 is 1.41. The van der Waals surface area contributed by atoms with E-state index in [4.69, 9.17) is 0 Å². The first-order valence-corrected chi connectivity index (χ1v) is 6.36. The minimum absolute atomic E-state index is 0.972. The third-order valence-electron chi connectivity index (χ3n) is 2.24. The predicted octanol–water partition coefficient (Wildman–Crippen LogP) is 4.36. The minimum Gasteiger partial charge on any atom is -0.140 e. The third-order valence-corrected chi connectivity index (χ3v) is 4.15. The average Bonchev–Trinajstić information content (AvgIpc) is 2.55. The van der Waals surface area contributed by atoms with Gasteiger partial charge in [0, 0.05) is 14.9 Å². The number of hydrogen-bond donors (Lipinski definition) is 0. The van der Waals surface area contributed by atoms with Gasteiger partial charge in [-0.15, -0.1) is 11.3 Å². The lowest BCUT2D eigenvalue weighted by atomic mass is 10.1. The smallest absolute Gasteiger partial charge is 0.0348 e. The summed E-state index contributed by atoms with van der Waals surface area (Å²) in [7, 11) is 0. The van der Waals surface area contributed by atoms with Crippen LogP contribution >= 0.6 is 27.3 Å². The Hall–Kier alpha value is -0.340. The van der Waals surface area contributed by atoms with Gasteiger partial charge >= 0.3 is 0 Å². The Kier molecular flexibility index (Phi) is 2.70. The summed E-state index contributed by atoms with van der Waals surface area (Å²) in [6.07, 6.45) is 1.14. The van der Waals surface area contributed by atoms with E-state index in [1.165, 1.54) is 20.5 Å². The molecule has 68 valence electrons. The molecule has 0 bridgehead atoms. The zero-order chi connectivity index (χ0) is 9.26. The van der Waals surface area contributed by atoms with Gasteiger partial charge in [0.05, 0.1) is 0 Å². The molecule has 13 heavy (non-hydrogen) atoms. The van der Waals surface area contributed by atoms with E-state index in [0.29, 0.717) is 0 Å². The second-order valence-electron chi connectivity index (χ2n) is 2.99. The summed E-state index contributed by atoms with van der Waals surface area (Å²) in [6.45, 7) is 2.22. The van der Waals surface area contributed by atoms with Gasteiger partial charge in [-0.1, -0.05) is 41.1 Å². The van der Waals surface area contributed by atoms with Gasteiger partial charge in [0.15, 0.2) is 0 Å². The predicted molar refractivity (Wildman–Crippen MR) is 63.8 cm³/mol. The highest BCUT2D eigenvalue weighted by atomic mass is 79.9. The van der Waals surface area contributed by atoms with Crippen molar-refractivity contribution in [2.45, 2.75) is 18.7 Å². The van der Waals surface area contributed by atoms with Crippen LogP contribution < -0.4 is 0 Å². The van der Waals surface area contributed by atoms with Crippen LogP contribution in [0, 0.1) is 0 Å². The van der Waals surface area contributed by atoms with Crippen LogP contribution in [-0.2, 0) is 11.8 Å². The Morgan fingerprint density at radius 2 is 2.08 bits per heavy atom. The molecule has 0 aliphatic heterocycles. The van der Waals surface area contributed by atoms with E-state index in [0.717, 1.165) is 11.8 Å². The van der Waals surface area contributed by atoms with Gasteiger partial charge in [-0.05, 0) is 23.4 Å². The molecule has 0 N–H and O–H groups in total. The zero-order valence-corrected chi connectivity index (χ0v) is 9.91. The number of benzene rings is 1. The van der Waals surface area contributed by atoms with Gasteiger partial charge in [0.25, 0.3) is 0 Å². The van der Waals surface area contributed by atoms with Crippen LogP contribution in [0.1, 0.15) is 17.4 Å². The van der Waals surface area contributed by atoms with Gasteiger partial charge < -0.3 is 0 Å². The van der Waals surface area contributed by atoms with E-state index >= 15 is 0 Å². The first-order chi connectivity index (χ1) is 6.36. The lowest BCUT2D eigenvalue weighted by Crippen LogP contribution is -1.80. The molecule has 0 aliphatic carbocycles. The standard InChI is InChI=1S/C11H11BrS/c1-2-10-9(7-12)8-5-3-4-6-11(8)13-10/h3-6H,2,7H2,1H3. The van der Waals surface area contributed by atoms with Crippen molar-refractivity contribution >= 4 is 37.4 Å². The molecule has 1 heterocycles. The molecule has 0 radical (unpaired) electrons. The molecule has 1 aromatic carbocycles. The van der Waals surface area contributed by atoms with E-state index in [1.54, 1.807) is 0 Å². The van der Waals surface area contributed by atoms with Crippen molar-refractivity contribution in [3.8, 4) is 0 Å². The summed E-state index contributed by atoms with van der Waals surface area (Å²) in [5, 5.41) is 2.39. The summed E-state index contributed by atoms with van der Waals surface area (Å²) in [4.78, 5) is 1.51. The highest BCUT2D eigenvalue weighted by Gasteiger charge is 2.07. The van der Waals surface area contributed by atoms with Crippen LogP contribution in [0.15, 0.2) is 24.3 Å². The van der Waals surface area contributed by atoms with E-state index in [2.05, 4.69) is 47.1 Å². The van der Waals surface area contributed by atoms with Gasteiger partial charge in [0.1, 0.15) is 0 Å². The summed E-state index contributed by atoms with van der Waals surface area (Å²) in [5.41, 5.74) is 1.48. The molecule has 1 aromatic heterocycles. The van der Waals surface area contributed by atoms with Crippen LogP contribution in [0.5, 0.6) is 0 Å². The third kappa shape index (κ3) is 1.53. The monoisotopic (exact) mass is 254 g/mol. The van der Waals surface area contributed by atoms with Crippen molar-refractivity contribution in [3.05, 3.63) is 34.7 Å². The Labute approximate surface area is 90.7 Å². The molecular formula is C11H11BrS. The average molecular weight is 255 g/mol. The Morgan fingerprint density at radius 1 is 1.31 bits per heavy atom. The molecule has 2 aromatic rings. The maximum absolute atomic E-state index is 3.56. The Bertz CT molecular complexity index is 417. The number of alkyl halides is 1. The molecule has 0 aliphatic rings. The fourth-order valence-electron chi connectivity index (χ4n) is 1.58. The molecular weight excluding hydrogens is 244 g/mol. The van der Waals surface area contributed by atoms with Crippen molar-refractivity contribution in [2.24, 2.45) is 0 Å². The topological polar surface area (TPSA) is 0 Å². The number of halogens is 1. The lowest BCUT2D eigenvalue weighted by molar-refractivity contribution is 1.16. The highest BCUT2D eigenvalue weighted by molar-refractivity contribution is 9.08. The summed E-state index contributed by atoms with van der Waals surface area (Å²) in [6, 6.07) is 8.63. The van der Waals surface area contributed by atoms with E-state index in [9.17, 15) is 0 Å². The zero-order valence-electron chi connectivity index (χ0n) is 7.51. The van der Waals surface area contributed by atoms with E-state index in [1.807, 2.05) is 11.3 Å². The van der Waals surface area contributed by atoms with Gasteiger partial charge in [0.2, 0.25) is 0 Å². The summed E-state index contributed by atoms with van der Waals surface area (Å²) >= 11 is 5.47. The molecule has 0 atom stereocenters. The van der Waals surface area contributed by atoms with Gasteiger partial charge in [-0.2, -0.15) is 0 Å². The summed E-state index contributed by atoms with van der Waals surface area (Å²) in [5.74, 6) is 0. The molecule has 0 spiro atoms. The van der Waals surface area contributed by atoms with Crippen molar-refractivity contribution in [2.75, 3.05) is 0 Å². The number of fused-ring (bicyclic) bond motifs is 1. The Morgan fingerprint density at radius 3 is 2.77 bits per heavy atom. The quantitative estimate of drug-likeness (QED) is 0.699. The fourth-order valence-corrected chi connectivity index (χ4v) is 3.57. The molecule has 2 heteroatoms. The largest absolute Gasteiger partial charge is 0.140 e.